The fourth-order valence-corrected chi connectivity index (χ4v) is 1.85. The number of carboxylic acids is 1. The molecule has 6 nitrogen and oxygen atoms in total. The quantitative estimate of drug-likeness (QED) is 0.812. The van der Waals surface area contributed by atoms with Gasteiger partial charge in [0.1, 0.15) is 0 Å². The zero-order valence-electron chi connectivity index (χ0n) is 11.1. The number of carbonyl (C=O) groups excluding carboxylic acids is 1. The standard InChI is InChI=1S/C13H17NO5/c1-8(15)14-10(7-12(16)17)9-5-4-6-11(18-2)13(9)19-3/h4-6,10H,7H2,1-3H3,(H,14,15)(H,16,17)/t10-/m1/s1. The lowest BCUT2D eigenvalue weighted by Crippen LogP contribution is -2.28. The van der Waals surface area contributed by atoms with Crippen LogP contribution in [0, 0.1) is 0 Å². The van der Waals surface area contributed by atoms with E-state index in [0.717, 1.165) is 0 Å². The molecular weight excluding hydrogens is 250 g/mol. The molecule has 0 unspecified atom stereocenters. The molecule has 0 aliphatic rings. The summed E-state index contributed by atoms with van der Waals surface area (Å²) in [6.07, 6.45) is -0.233. The van der Waals surface area contributed by atoms with E-state index in [2.05, 4.69) is 5.32 Å². The Balaban J connectivity index is 3.20. The maximum Gasteiger partial charge on any atom is 0.305 e. The van der Waals surface area contributed by atoms with Gasteiger partial charge in [0, 0.05) is 12.5 Å². The Hall–Kier alpha value is -2.24. The second kappa shape index (κ2) is 6.63. The van der Waals surface area contributed by atoms with Crippen molar-refractivity contribution < 1.29 is 24.2 Å². The van der Waals surface area contributed by atoms with Gasteiger partial charge in [-0.15, -0.1) is 0 Å². The van der Waals surface area contributed by atoms with E-state index in [0.29, 0.717) is 17.1 Å². The summed E-state index contributed by atoms with van der Waals surface area (Å²) in [7, 11) is 2.96. The summed E-state index contributed by atoms with van der Waals surface area (Å²) in [6.45, 7) is 1.33. The van der Waals surface area contributed by atoms with Crippen LogP contribution in [-0.2, 0) is 9.59 Å². The van der Waals surface area contributed by atoms with E-state index in [9.17, 15) is 9.59 Å². The minimum absolute atomic E-state index is 0.233. The fraction of sp³-hybridized carbons (Fsp3) is 0.385. The van der Waals surface area contributed by atoms with Crippen LogP contribution in [0.15, 0.2) is 18.2 Å². The molecule has 0 spiro atoms. The molecule has 1 aromatic carbocycles. The molecule has 1 atom stereocenters. The number of hydrogen-bond donors (Lipinski definition) is 2. The number of amides is 1. The molecule has 0 saturated carbocycles. The lowest BCUT2D eigenvalue weighted by molar-refractivity contribution is -0.137. The molecule has 0 bridgehead atoms. The molecule has 6 heteroatoms. The lowest BCUT2D eigenvalue weighted by Gasteiger charge is -2.20. The normalized spacial score (nSPS) is 11.5. The zero-order chi connectivity index (χ0) is 14.4. The van der Waals surface area contributed by atoms with Gasteiger partial charge in [-0.3, -0.25) is 9.59 Å². The van der Waals surface area contributed by atoms with Crippen molar-refractivity contribution in [1.29, 1.82) is 0 Å². The van der Waals surface area contributed by atoms with Crippen LogP contribution >= 0.6 is 0 Å². The number of benzene rings is 1. The highest BCUT2D eigenvalue weighted by Crippen LogP contribution is 2.35. The van der Waals surface area contributed by atoms with E-state index >= 15 is 0 Å². The van der Waals surface area contributed by atoms with Crippen LogP contribution in [0.4, 0.5) is 0 Å². The van der Waals surface area contributed by atoms with Crippen molar-refractivity contribution in [2.24, 2.45) is 0 Å². The number of nitrogens with one attached hydrogen (secondary N) is 1. The van der Waals surface area contributed by atoms with E-state index in [1.54, 1.807) is 18.2 Å². The van der Waals surface area contributed by atoms with Crippen molar-refractivity contribution in [1.82, 2.24) is 5.32 Å². The Morgan fingerprint density at radius 2 is 2.00 bits per heavy atom. The zero-order valence-corrected chi connectivity index (χ0v) is 11.1. The molecule has 0 aliphatic carbocycles. The SMILES string of the molecule is COc1cccc([C@@H](CC(=O)O)NC(C)=O)c1OC. The number of methoxy groups -OCH3 is 2. The highest BCUT2D eigenvalue weighted by Gasteiger charge is 2.22. The molecule has 1 rings (SSSR count). The van der Waals surface area contributed by atoms with Gasteiger partial charge in [0.2, 0.25) is 5.91 Å². The van der Waals surface area contributed by atoms with E-state index < -0.39 is 12.0 Å². The third-order valence-corrected chi connectivity index (χ3v) is 2.57. The average Bonchev–Trinajstić information content (AvgIpc) is 2.35. The first-order valence-electron chi connectivity index (χ1n) is 5.69. The summed E-state index contributed by atoms with van der Waals surface area (Å²) >= 11 is 0. The summed E-state index contributed by atoms with van der Waals surface area (Å²) in [5.41, 5.74) is 0.569. The summed E-state index contributed by atoms with van der Waals surface area (Å²) in [5.74, 6) is -0.412. The van der Waals surface area contributed by atoms with E-state index in [1.807, 2.05) is 0 Å². The first-order valence-corrected chi connectivity index (χ1v) is 5.69. The van der Waals surface area contributed by atoms with Crippen molar-refractivity contribution in [3.63, 3.8) is 0 Å². The number of rotatable bonds is 6. The molecule has 1 aromatic rings. The first-order chi connectivity index (χ1) is 8.99. The fourth-order valence-electron chi connectivity index (χ4n) is 1.85. The van der Waals surface area contributed by atoms with E-state index in [4.69, 9.17) is 14.6 Å². The highest BCUT2D eigenvalue weighted by atomic mass is 16.5. The third kappa shape index (κ3) is 3.87. The minimum Gasteiger partial charge on any atom is -0.493 e. The Morgan fingerprint density at radius 3 is 2.47 bits per heavy atom. The number of aliphatic carboxylic acids is 1. The molecule has 0 fully saturated rings. The topological polar surface area (TPSA) is 84.9 Å². The third-order valence-electron chi connectivity index (χ3n) is 2.57. The molecule has 0 saturated heterocycles. The largest absolute Gasteiger partial charge is 0.493 e. The van der Waals surface area contributed by atoms with Crippen LogP contribution in [-0.4, -0.2) is 31.2 Å². The maximum atomic E-state index is 11.2. The smallest absolute Gasteiger partial charge is 0.305 e. The van der Waals surface area contributed by atoms with Crippen LogP contribution in [0.1, 0.15) is 24.9 Å². The second-order valence-corrected chi connectivity index (χ2v) is 3.93. The summed E-state index contributed by atoms with van der Waals surface area (Å²) < 4.78 is 10.4. The van der Waals surface area contributed by atoms with Gasteiger partial charge in [0.25, 0.3) is 0 Å². The van der Waals surface area contributed by atoms with E-state index in [-0.39, 0.29) is 12.3 Å². The molecule has 1 amide bonds. The maximum absolute atomic E-state index is 11.2. The first kappa shape index (κ1) is 14.8. The number of carboxylic acid groups (broad SMARTS) is 1. The van der Waals surface area contributed by atoms with Gasteiger partial charge in [0.05, 0.1) is 26.7 Å². The predicted molar refractivity (Wildman–Crippen MR) is 68.4 cm³/mol. The number of hydrogen-bond acceptors (Lipinski definition) is 4. The van der Waals surface area contributed by atoms with Crippen molar-refractivity contribution in [3.05, 3.63) is 23.8 Å². The molecule has 0 aliphatic heterocycles. The molecule has 19 heavy (non-hydrogen) atoms. The Morgan fingerprint density at radius 1 is 1.32 bits per heavy atom. The number of ether oxygens (including phenoxy) is 2. The summed E-state index contributed by atoms with van der Waals surface area (Å²) in [4.78, 5) is 22.1. The van der Waals surface area contributed by atoms with Gasteiger partial charge in [-0.1, -0.05) is 12.1 Å². The Labute approximate surface area is 111 Å². The van der Waals surface area contributed by atoms with Crippen molar-refractivity contribution >= 4 is 11.9 Å². The summed E-state index contributed by atoms with van der Waals surface area (Å²) in [5, 5.41) is 11.5. The van der Waals surface area contributed by atoms with Gasteiger partial charge in [-0.05, 0) is 6.07 Å². The monoisotopic (exact) mass is 267 g/mol. The van der Waals surface area contributed by atoms with Crippen LogP contribution < -0.4 is 14.8 Å². The van der Waals surface area contributed by atoms with Crippen molar-refractivity contribution in [2.75, 3.05) is 14.2 Å². The molecule has 0 aromatic heterocycles. The average molecular weight is 267 g/mol. The molecule has 0 heterocycles. The van der Waals surface area contributed by atoms with Crippen LogP contribution in [0.25, 0.3) is 0 Å². The Bertz CT molecular complexity index is 456. The van der Waals surface area contributed by atoms with Gasteiger partial charge < -0.3 is 19.9 Å². The van der Waals surface area contributed by atoms with Crippen LogP contribution in [0.2, 0.25) is 0 Å². The number of carbonyl (C=O) groups is 2. The molecule has 104 valence electrons. The highest BCUT2D eigenvalue weighted by molar-refractivity contribution is 5.75. The van der Waals surface area contributed by atoms with Gasteiger partial charge >= 0.3 is 5.97 Å². The Kier molecular flexibility index (Phi) is 5.17. The lowest BCUT2D eigenvalue weighted by atomic mass is 10.0. The summed E-state index contributed by atoms with van der Waals surface area (Å²) in [6, 6.07) is 4.45. The minimum atomic E-state index is -1.01. The van der Waals surface area contributed by atoms with Gasteiger partial charge in [-0.25, -0.2) is 0 Å². The number of para-hydroxylation sites is 1. The van der Waals surface area contributed by atoms with Crippen LogP contribution in [0.5, 0.6) is 11.5 Å². The van der Waals surface area contributed by atoms with Crippen molar-refractivity contribution in [2.45, 2.75) is 19.4 Å². The second-order valence-electron chi connectivity index (χ2n) is 3.93. The van der Waals surface area contributed by atoms with Gasteiger partial charge in [0.15, 0.2) is 11.5 Å². The molecule has 0 radical (unpaired) electrons. The van der Waals surface area contributed by atoms with E-state index in [1.165, 1.54) is 21.1 Å². The van der Waals surface area contributed by atoms with Crippen LogP contribution in [0.3, 0.4) is 0 Å². The predicted octanol–water partition coefficient (Wildman–Crippen LogP) is 1.36. The molecule has 2 N–H and O–H groups in total. The molecular formula is C13H17NO5. The van der Waals surface area contributed by atoms with Gasteiger partial charge in [-0.2, -0.15) is 0 Å². The van der Waals surface area contributed by atoms with Crippen molar-refractivity contribution in [3.8, 4) is 11.5 Å².